The first kappa shape index (κ1) is 13.2. The van der Waals surface area contributed by atoms with Crippen LogP contribution in [0.4, 0.5) is 0 Å². The highest BCUT2D eigenvalue weighted by Crippen LogP contribution is 2.11. The lowest BCUT2D eigenvalue weighted by Crippen LogP contribution is -2.16. The van der Waals surface area contributed by atoms with Crippen LogP contribution in [0.1, 0.15) is 15.9 Å². The van der Waals surface area contributed by atoms with E-state index in [9.17, 15) is 4.79 Å². The second kappa shape index (κ2) is 6.07. The van der Waals surface area contributed by atoms with Gasteiger partial charge in [0.25, 0.3) is 5.91 Å². The lowest BCUT2D eigenvalue weighted by atomic mass is 10.2. The Balaban J connectivity index is 1.96. The zero-order valence-electron chi connectivity index (χ0n) is 10.0. The quantitative estimate of drug-likeness (QED) is 0.900. The summed E-state index contributed by atoms with van der Waals surface area (Å²) in [5.41, 5.74) is 1.42. The summed E-state index contributed by atoms with van der Waals surface area (Å²) < 4.78 is 0. The van der Waals surface area contributed by atoms with Gasteiger partial charge in [0.2, 0.25) is 0 Å². The van der Waals surface area contributed by atoms with Crippen LogP contribution in [-0.4, -0.2) is 11.0 Å². The molecule has 0 heterocycles. The fourth-order valence-corrected chi connectivity index (χ4v) is 1.61. The minimum Gasteiger partial charge on any atom is -0.508 e. The minimum absolute atomic E-state index is 0.202. The average molecular weight is 274 g/mol. The summed E-state index contributed by atoms with van der Waals surface area (Å²) in [4.78, 5) is 11.8. The summed E-state index contributed by atoms with van der Waals surface area (Å²) in [6, 6.07) is 13.3. The molecule has 0 aliphatic heterocycles. The standard InChI is InChI=1S/C15H12ClNO2/c16-13-5-3-12(4-6-13)15(19)17-10-9-11-1-7-14(18)8-2-11/h1-10,18H,(H,17,19). The van der Waals surface area contributed by atoms with E-state index < -0.39 is 0 Å². The molecule has 0 fully saturated rings. The number of phenols is 1. The minimum atomic E-state index is -0.202. The van der Waals surface area contributed by atoms with Gasteiger partial charge < -0.3 is 10.4 Å². The normalized spacial score (nSPS) is 10.6. The van der Waals surface area contributed by atoms with Crippen LogP contribution in [-0.2, 0) is 0 Å². The molecule has 0 atom stereocenters. The van der Waals surface area contributed by atoms with Crippen LogP contribution in [0.15, 0.2) is 54.7 Å². The predicted octanol–water partition coefficient (Wildman–Crippen LogP) is 3.45. The van der Waals surface area contributed by atoms with Gasteiger partial charge in [-0.15, -0.1) is 0 Å². The molecule has 3 nitrogen and oxygen atoms in total. The number of carbonyl (C=O) groups is 1. The van der Waals surface area contributed by atoms with Crippen molar-refractivity contribution < 1.29 is 9.90 Å². The van der Waals surface area contributed by atoms with Crippen molar-refractivity contribution in [2.75, 3.05) is 0 Å². The molecule has 0 bridgehead atoms. The fraction of sp³-hybridized carbons (Fsp3) is 0. The van der Waals surface area contributed by atoms with E-state index in [-0.39, 0.29) is 11.7 Å². The Morgan fingerprint density at radius 3 is 2.32 bits per heavy atom. The fourth-order valence-electron chi connectivity index (χ4n) is 1.48. The molecule has 0 aromatic heterocycles. The van der Waals surface area contributed by atoms with Crippen molar-refractivity contribution in [3.8, 4) is 5.75 Å². The molecular weight excluding hydrogens is 262 g/mol. The van der Waals surface area contributed by atoms with Crippen molar-refractivity contribution in [1.29, 1.82) is 0 Å². The molecule has 0 radical (unpaired) electrons. The summed E-state index contributed by atoms with van der Waals surface area (Å²) >= 11 is 5.75. The van der Waals surface area contributed by atoms with Gasteiger partial charge in [-0.25, -0.2) is 0 Å². The van der Waals surface area contributed by atoms with Crippen molar-refractivity contribution in [2.45, 2.75) is 0 Å². The second-order valence-electron chi connectivity index (χ2n) is 3.91. The van der Waals surface area contributed by atoms with E-state index in [1.165, 1.54) is 0 Å². The summed E-state index contributed by atoms with van der Waals surface area (Å²) in [7, 11) is 0. The topological polar surface area (TPSA) is 49.3 Å². The van der Waals surface area contributed by atoms with E-state index in [1.54, 1.807) is 60.8 Å². The van der Waals surface area contributed by atoms with E-state index in [0.717, 1.165) is 5.56 Å². The van der Waals surface area contributed by atoms with Crippen LogP contribution < -0.4 is 5.32 Å². The van der Waals surface area contributed by atoms with Crippen LogP contribution in [0.2, 0.25) is 5.02 Å². The van der Waals surface area contributed by atoms with E-state index in [0.29, 0.717) is 10.6 Å². The lowest BCUT2D eigenvalue weighted by Gasteiger charge is -2.00. The number of carbonyl (C=O) groups excluding carboxylic acids is 1. The summed E-state index contributed by atoms with van der Waals surface area (Å²) in [5.74, 6) is 0.00837. The SMILES string of the molecule is O=C(NC=Cc1ccc(O)cc1)c1ccc(Cl)cc1. The molecule has 0 saturated heterocycles. The zero-order valence-corrected chi connectivity index (χ0v) is 10.8. The van der Waals surface area contributed by atoms with Crippen LogP contribution in [0, 0.1) is 0 Å². The second-order valence-corrected chi connectivity index (χ2v) is 4.34. The third-order valence-corrected chi connectivity index (χ3v) is 2.74. The van der Waals surface area contributed by atoms with Gasteiger partial charge in [-0.2, -0.15) is 0 Å². The molecule has 0 saturated carbocycles. The Bertz CT molecular complexity index is 589. The Labute approximate surface area is 116 Å². The van der Waals surface area contributed by atoms with Gasteiger partial charge in [-0.05, 0) is 48.0 Å². The highest BCUT2D eigenvalue weighted by molar-refractivity contribution is 6.30. The first-order valence-corrected chi connectivity index (χ1v) is 6.05. The van der Waals surface area contributed by atoms with E-state index >= 15 is 0 Å². The highest BCUT2D eigenvalue weighted by atomic mass is 35.5. The molecule has 96 valence electrons. The highest BCUT2D eigenvalue weighted by Gasteiger charge is 2.01. The van der Waals surface area contributed by atoms with Gasteiger partial charge in [0, 0.05) is 16.8 Å². The van der Waals surface area contributed by atoms with Gasteiger partial charge in [0.1, 0.15) is 5.75 Å². The number of aromatic hydroxyl groups is 1. The lowest BCUT2D eigenvalue weighted by molar-refractivity contribution is 0.0970. The number of halogens is 1. The number of hydrogen-bond donors (Lipinski definition) is 2. The van der Waals surface area contributed by atoms with Gasteiger partial charge in [-0.1, -0.05) is 23.7 Å². The molecule has 4 heteroatoms. The summed E-state index contributed by atoms with van der Waals surface area (Å²) in [6.07, 6.45) is 3.30. The van der Waals surface area contributed by atoms with Crippen molar-refractivity contribution in [1.82, 2.24) is 5.32 Å². The third kappa shape index (κ3) is 3.86. The molecule has 0 aliphatic rings. The van der Waals surface area contributed by atoms with Gasteiger partial charge in [0.05, 0.1) is 0 Å². The Kier molecular flexibility index (Phi) is 4.21. The van der Waals surface area contributed by atoms with E-state index in [2.05, 4.69) is 5.32 Å². The molecule has 0 spiro atoms. The van der Waals surface area contributed by atoms with Crippen LogP contribution in [0.3, 0.4) is 0 Å². The van der Waals surface area contributed by atoms with Gasteiger partial charge >= 0.3 is 0 Å². The molecule has 2 aromatic rings. The van der Waals surface area contributed by atoms with Crippen molar-refractivity contribution in [3.05, 3.63) is 70.9 Å². The molecule has 2 rings (SSSR count). The summed E-state index contributed by atoms with van der Waals surface area (Å²) in [5, 5.41) is 12.4. The van der Waals surface area contributed by atoms with Crippen LogP contribution >= 0.6 is 11.6 Å². The van der Waals surface area contributed by atoms with Crippen LogP contribution in [0.25, 0.3) is 6.08 Å². The molecule has 2 aromatic carbocycles. The Morgan fingerprint density at radius 1 is 1.05 bits per heavy atom. The average Bonchev–Trinajstić information content (AvgIpc) is 2.41. The number of rotatable bonds is 3. The predicted molar refractivity (Wildman–Crippen MR) is 76.1 cm³/mol. The molecular formula is C15H12ClNO2. The first-order chi connectivity index (χ1) is 9.15. The number of benzene rings is 2. The summed E-state index contributed by atoms with van der Waals surface area (Å²) in [6.45, 7) is 0. The zero-order chi connectivity index (χ0) is 13.7. The number of phenolic OH excluding ortho intramolecular Hbond substituents is 1. The Morgan fingerprint density at radius 2 is 1.68 bits per heavy atom. The van der Waals surface area contributed by atoms with E-state index in [4.69, 9.17) is 16.7 Å². The number of nitrogens with one attached hydrogen (secondary N) is 1. The number of hydrogen-bond acceptors (Lipinski definition) is 2. The molecule has 19 heavy (non-hydrogen) atoms. The van der Waals surface area contributed by atoms with Crippen molar-refractivity contribution in [3.63, 3.8) is 0 Å². The first-order valence-electron chi connectivity index (χ1n) is 5.67. The van der Waals surface area contributed by atoms with Gasteiger partial charge in [0.15, 0.2) is 0 Å². The van der Waals surface area contributed by atoms with Crippen LogP contribution in [0.5, 0.6) is 5.75 Å². The molecule has 0 unspecified atom stereocenters. The number of amides is 1. The monoisotopic (exact) mass is 273 g/mol. The Hall–Kier alpha value is -2.26. The maximum Gasteiger partial charge on any atom is 0.255 e. The molecule has 2 N–H and O–H groups in total. The van der Waals surface area contributed by atoms with Crippen molar-refractivity contribution >= 4 is 23.6 Å². The van der Waals surface area contributed by atoms with Gasteiger partial charge in [-0.3, -0.25) is 4.79 Å². The maximum atomic E-state index is 11.8. The largest absolute Gasteiger partial charge is 0.508 e. The smallest absolute Gasteiger partial charge is 0.255 e. The van der Waals surface area contributed by atoms with E-state index in [1.807, 2.05) is 0 Å². The van der Waals surface area contributed by atoms with Crippen molar-refractivity contribution in [2.24, 2.45) is 0 Å². The molecule has 0 aliphatic carbocycles. The third-order valence-electron chi connectivity index (χ3n) is 2.49. The molecule has 1 amide bonds. The maximum absolute atomic E-state index is 11.8.